The Kier molecular flexibility index (Phi) is 6.76. The molecule has 0 unspecified atom stereocenters. The molecule has 0 radical (unpaired) electrons. The number of nitrogens with zero attached hydrogens (tertiary/aromatic N) is 1. The predicted molar refractivity (Wildman–Crippen MR) is 139 cm³/mol. The normalized spacial score (nSPS) is 14.8. The van der Waals surface area contributed by atoms with Crippen LogP contribution in [0.2, 0.25) is 0 Å². The molecule has 36 heavy (non-hydrogen) atoms. The summed E-state index contributed by atoms with van der Waals surface area (Å²) in [6.45, 7) is 3.21. The third-order valence-corrected chi connectivity index (χ3v) is 6.64. The van der Waals surface area contributed by atoms with Crippen molar-refractivity contribution in [2.24, 2.45) is 0 Å². The lowest BCUT2D eigenvalue weighted by atomic mass is 9.98. The minimum absolute atomic E-state index is 0.127. The zero-order valence-electron chi connectivity index (χ0n) is 20.5. The summed E-state index contributed by atoms with van der Waals surface area (Å²) >= 11 is 0. The number of unbranched alkanes of at least 4 members (excludes halogenated alkanes) is 1. The Bertz CT molecular complexity index is 1420. The van der Waals surface area contributed by atoms with Crippen LogP contribution in [0.15, 0.2) is 82.0 Å². The van der Waals surface area contributed by atoms with E-state index in [1.165, 1.54) is 0 Å². The van der Waals surface area contributed by atoms with Crippen LogP contribution in [0.25, 0.3) is 11.0 Å². The Balaban J connectivity index is 1.52. The molecular formula is C30H29NO5. The molecule has 5 rings (SSSR count). The van der Waals surface area contributed by atoms with Crippen LogP contribution in [-0.4, -0.2) is 31.1 Å². The van der Waals surface area contributed by atoms with Crippen LogP contribution in [0.3, 0.4) is 0 Å². The first-order valence-corrected chi connectivity index (χ1v) is 12.3. The molecule has 3 aromatic carbocycles. The third-order valence-electron chi connectivity index (χ3n) is 6.64. The highest BCUT2D eigenvalue weighted by Crippen LogP contribution is 2.38. The van der Waals surface area contributed by atoms with Crippen LogP contribution >= 0.6 is 0 Å². The molecule has 2 heterocycles. The molecule has 1 amide bonds. The van der Waals surface area contributed by atoms with Gasteiger partial charge in [-0.25, -0.2) is 0 Å². The summed E-state index contributed by atoms with van der Waals surface area (Å²) in [6, 6.07) is 22.0. The van der Waals surface area contributed by atoms with Crippen LogP contribution in [0.4, 0.5) is 0 Å². The number of amides is 1. The van der Waals surface area contributed by atoms with E-state index in [9.17, 15) is 9.59 Å². The quantitative estimate of drug-likeness (QED) is 0.283. The van der Waals surface area contributed by atoms with Crippen molar-refractivity contribution in [1.29, 1.82) is 0 Å². The summed E-state index contributed by atoms with van der Waals surface area (Å²) in [6.07, 6.45) is 2.68. The van der Waals surface area contributed by atoms with Gasteiger partial charge in [-0.05, 0) is 60.4 Å². The summed E-state index contributed by atoms with van der Waals surface area (Å²) in [5, 5.41) is 0.477. The number of fused-ring (bicyclic) bond motifs is 2. The Morgan fingerprint density at radius 3 is 2.36 bits per heavy atom. The Hall–Kier alpha value is -4.06. The van der Waals surface area contributed by atoms with Crippen molar-refractivity contribution in [1.82, 2.24) is 4.90 Å². The van der Waals surface area contributed by atoms with Crippen molar-refractivity contribution >= 4 is 16.9 Å². The minimum atomic E-state index is -0.531. The Morgan fingerprint density at radius 2 is 1.64 bits per heavy atom. The maximum absolute atomic E-state index is 13.6. The summed E-state index contributed by atoms with van der Waals surface area (Å²) in [5.74, 6) is 1.41. The molecule has 6 heteroatoms. The van der Waals surface area contributed by atoms with Gasteiger partial charge in [0.1, 0.15) is 17.1 Å². The molecule has 0 fully saturated rings. The van der Waals surface area contributed by atoms with Crippen molar-refractivity contribution in [3.63, 3.8) is 0 Å². The van der Waals surface area contributed by atoms with E-state index in [0.717, 1.165) is 35.5 Å². The third kappa shape index (κ3) is 4.47. The van der Waals surface area contributed by atoms with Gasteiger partial charge in [0.2, 0.25) is 5.76 Å². The first-order valence-electron chi connectivity index (χ1n) is 12.3. The number of hydrogen-bond acceptors (Lipinski definition) is 5. The van der Waals surface area contributed by atoms with Gasteiger partial charge < -0.3 is 18.8 Å². The van der Waals surface area contributed by atoms with Gasteiger partial charge in [-0.3, -0.25) is 9.59 Å². The number of carbonyl (C=O) groups is 1. The largest absolute Gasteiger partial charge is 0.497 e. The summed E-state index contributed by atoms with van der Waals surface area (Å²) in [7, 11) is 1.63. The van der Waals surface area contributed by atoms with Crippen molar-refractivity contribution in [3.05, 3.63) is 105 Å². The molecule has 0 saturated heterocycles. The van der Waals surface area contributed by atoms with Crippen LogP contribution in [0.5, 0.6) is 11.5 Å². The first-order chi connectivity index (χ1) is 17.6. The van der Waals surface area contributed by atoms with E-state index >= 15 is 0 Å². The molecule has 0 saturated carbocycles. The lowest BCUT2D eigenvalue weighted by Gasteiger charge is -2.25. The number of benzene rings is 3. The van der Waals surface area contributed by atoms with Gasteiger partial charge in [-0.2, -0.15) is 0 Å². The maximum Gasteiger partial charge on any atom is 0.290 e. The van der Waals surface area contributed by atoms with Gasteiger partial charge in [0.25, 0.3) is 5.91 Å². The van der Waals surface area contributed by atoms with E-state index in [1.54, 1.807) is 36.3 Å². The monoisotopic (exact) mass is 483 g/mol. The fraction of sp³-hybridized carbons (Fsp3) is 0.267. The van der Waals surface area contributed by atoms with Gasteiger partial charge in [0.05, 0.1) is 30.7 Å². The number of para-hydroxylation sites is 1. The fourth-order valence-corrected chi connectivity index (χ4v) is 4.67. The second-order valence-corrected chi connectivity index (χ2v) is 8.94. The molecule has 0 spiro atoms. The van der Waals surface area contributed by atoms with E-state index in [0.29, 0.717) is 36.1 Å². The molecule has 6 nitrogen and oxygen atoms in total. The van der Waals surface area contributed by atoms with Gasteiger partial charge in [-0.15, -0.1) is 0 Å². The van der Waals surface area contributed by atoms with Gasteiger partial charge in [-0.1, -0.05) is 49.7 Å². The Morgan fingerprint density at radius 1 is 0.917 bits per heavy atom. The molecule has 1 aliphatic rings. The number of carbonyl (C=O) groups excluding carboxylic acids is 1. The molecule has 1 atom stereocenters. The molecule has 0 aliphatic carbocycles. The molecule has 1 aliphatic heterocycles. The topological polar surface area (TPSA) is 69.0 Å². The average Bonchev–Trinajstić information content (AvgIpc) is 3.20. The zero-order chi connectivity index (χ0) is 25.1. The maximum atomic E-state index is 13.6. The SMILES string of the molecule is CCCCOc1ccc([C@@H]2c3c(oc4ccccc4c3=O)C(=O)N2CCc2ccc(OC)cc2)cc1. The van der Waals surface area contributed by atoms with Gasteiger partial charge in [0, 0.05) is 6.54 Å². The van der Waals surface area contributed by atoms with E-state index in [2.05, 4.69) is 6.92 Å². The van der Waals surface area contributed by atoms with Crippen molar-refractivity contribution < 1.29 is 18.7 Å². The van der Waals surface area contributed by atoms with E-state index < -0.39 is 6.04 Å². The molecule has 184 valence electrons. The van der Waals surface area contributed by atoms with Crippen molar-refractivity contribution in [2.45, 2.75) is 32.2 Å². The highest BCUT2D eigenvalue weighted by Gasteiger charge is 2.42. The van der Waals surface area contributed by atoms with E-state index in [4.69, 9.17) is 13.9 Å². The zero-order valence-corrected chi connectivity index (χ0v) is 20.5. The standard InChI is InChI=1S/C30H29NO5/c1-3-4-19-35-23-15-11-21(12-16-23)27-26-28(32)24-7-5-6-8-25(24)36-29(26)30(33)31(27)18-17-20-9-13-22(34-2)14-10-20/h5-16,27H,3-4,17-19H2,1-2H3/t27-/m1/s1. The minimum Gasteiger partial charge on any atom is -0.497 e. The van der Waals surface area contributed by atoms with Gasteiger partial charge in [0.15, 0.2) is 5.43 Å². The second kappa shape index (κ2) is 10.3. The molecule has 0 bridgehead atoms. The first kappa shape index (κ1) is 23.7. The van der Waals surface area contributed by atoms with Crippen LogP contribution < -0.4 is 14.9 Å². The number of hydrogen-bond donors (Lipinski definition) is 0. The lowest BCUT2D eigenvalue weighted by molar-refractivity contribution is 0.0730. The summed E-state index contributed by atoms with van der Waals surface area (Å²) in [5.41, 5.74) is 2.57. The molecule has 4 aromatic rings. The predicted octanol–water partition coefficient (Wildman–Crippen LogP) is 5.77. The summed E-state index contributed by atoms with van der Waals surface area (Å²) in [4.78, 5) is 28.9. The molecule has 0 N–H and O–H groups in total. The van der Waals surface area contributed by atoms with Crippen LogP contribution in [0, 0.1) is 0 Å². The highest BCUT2D eigenvalue weighted by atomic mass is 16.5. The molecule has 1 aromatic heterocycles. The van der Waals surface area contributed by atoms with Crippen LogP contribution in [-0.2, 0) is 6.42 Å². The Labute approximate surface area is 210 Å². The smallest absolute Gasteiger partial charge is 0.290 e. The average molecular weight is 484 g/mol. The number of methoxy groups -OCH3 is 1. The molecular weight excluding hydrogens is 454 g/mol. The number of rotatable bonds is 9. The van der Waals surface area contributed by atoms with Crippen molar-refractivity contribution in [3.8, 4) is 11.5 Å². The lowest BCUT2D eigenvalue weighted by Crippen LogP contribution is -2.31. The van der Waals surface area contributed by atoms with E-state index in [1.807, 2.05) is 48.5 Å². The van der Waals surface area contributed by atoms with Crippen molar-refractivity contribution in [2.75, 3.05) is 20.3 Å². The van der Waals surface area contributed by atoms with Crippen LogP contribution in [0.1, 0.15) is 53.1 Å². The highest BCUT2D eigenvalue weighted by molar-refractivity contribution is 5.99. The fourth-order valence-electron chi connectivity index (χ4n) is 4.67. The van der Waals surface area contributed by atoms with E-state index in [-0.39, 0.29) is 17.1 Å². The number of ether oxygens (including phenoxy) is 2. The van der Waals surface area contributed by atoms with Gasteiger partial charge >= 0.3 is 0 Å². The second-order valence-electron chi connectivity index (χ2n) is 8.94. The summed E-state index contributed by atoms with van der Waals surface area (Å²) < 4.78 is 17.1.